The van der Waals surface area contributed by atoms with E-state index in [4.69, 9.17) is 4.79 Å². The number of urea groups is 1. The van der Waals surface area contributed by atoms with Crippen molar-refractivity contribution in [3.8, 4) is 0 Å². The molecule has 4 heteroatoms. The molecule has 0 aliphatic heterocycles. The smallest absolute Gasteiger partial charge is 0.309 e. The van der Waals surface area contributed by atoms with Crippen molar-refractivity contribution in [2.24, 2.45) is 11.5 Å². The summed E-state index contributed by atoms with van der Waals surface area (Å²) in [6, 6.07) is -0.833. The second-order valence-electron chi connectivity index (χ2n) is 0.902. The first-order chi connectivity index (χ1) is 3.15. The van der Waals surface area contributed by atoms with E-state index in [2.05, 4.69) is 16.8 Å². The van der Waals surface area contributed by atoms with E-state index >= 15 is 0 Å². The molecule has 0 fully saturated rings. The summed E-state index contributed by atoms with van der Waals surface area (Å²) in [6.45, 7) is 0. The van der Waals surface area contributed by atoms with Gasteiger partial charge in [0.05, 0.1) is 0 Å². The molecule has 0 saturated heterocycles. The highest BCUT2D eigenvalue weighted by Crippen LogP contribution is 1.25. The summed E-state index contributed by atoms with van der Waals surface area (Å²) in [5.74, 6) is 0. The first-order valence-corrected chi connectivity index (χ1v) is 1.78. The van der Waals surface area contributed by atoms with Crippen molar-refractivity contribution < 1.29 is 4.79 Å². The minimum Gasteiger partial charge on any atom is -0.352 e. The minimum atomic E-state index is -0.833. The number of nitrogens with one attached hydrogen (secondary N) is 1. The van der Waals surface area contributed by atoms with Crippen molar-refractivity contribution in [2.45, 2.75) is 0 Å². The van der Waals surface area contributed by atoms with Gasteiger partial charge in [-0.15, -0.1) is 0 Å². The number of carbonyl (C=O) groups is 1. The number of hydrogen-bond donors (Lipinski definition) is 3. The van der Waals surface area contributed by atoms with Gasteiger partial charge in [-0.3, -0.25) is 0 Å². The fourth-order valence-electron chi connectivity index (χ4n) is 0. The molecule has 0 rings (SSSR count). The third-order valence-electron chi connectivity index (χ3n) is 0. The van der Waals surface area contributed by atoms with Crippen molar-refractivity contribution >= 4 is 6.03 Å². The molecule has 2 amide bonds. The fraction of sp³-hybridized carbons (Fsp3) is 0.667. The Morgan fingerprint density at radius 1 is 1.43 bits per heavy atom. The molecule has 0 aliphatic carbocycles. The standard InChI is InChI=1S/C2H7N.CH4N2O/c1-3-2;2-1(3)4/h3H,1-2H3;(H4,2,3,4). The largest absolute Gasteiger partial charge is 0.352 e. The van der Waals surface area contributed by atoms with E-state index in [1.165, 1.54) is 0 Å². The Morgan fingerprint density at radius 3 is 1.43 bits per heavy atom. The Hall–Kier alpha value is -0.770. The van der Waals surface area contributed by atoms with Crippen LogP contribution >= 0.6 is 0 Å². The van der Waals surface area contributed by atoms with Gasteiger partial charge >= 0.3 is 6.03 Å². The Bertz CT molecular complexity index is 41.4. The number of nitrogens with two attached hydrogens (primary N) is 2. The maximum atomic E-state index is 9.00. The highest BCUT2D eigenvalue weighted by Gasteiger charge is 1.60. The quantitative estimate of drug-likeness (QED) is 0.364. The molecule has 0 aromatic heterocycles. The average Bonchev–Trinajstić information content (AvgIpc) is 1.33. The lowest BCUT2D eigenvalue weighted by Gasteiger charge is -1.62. The van der Waals surface area contributed by atoms with Crippen LogP contribution in [-0.4, -0.2) is 20.1 Å². The molecular formula is C3H11N3O. The van der Waals surface area contributed by atoms with E-state index in [9.17, 15) is 0 Å². The van der Waals surface area contributed by atoms with E-state index in [-0.39, 0.29) is 0 Å². The summed E-state index contributed by atoms with van der Waals surface area (Å²) < 4.78 is 0. The van der Waals surface area contributed by atoms with Gasteiger partial charge in [0.25, 0.3) is 0 Å². The van der Waals surface area contributed by atoms with Crippen LogP contribution in [0.2, 0.25) is 0 Å². The molecule has 44 valence electrons. The summed E-state index contributed by atoms with van der Waals surface area (Å²) in [7, 11) is 3.75. The predicted molar refractivity (Wildman–Crippen MR) is 28.8 cm³/mol. The molecule has 7 heavy (non-hydrogen) atoms. The van der Waals surface area contributed by atoms with Crippen LogP contribution in [0, 0.1) is 0 Å². The zero-order valence-corrected chi connectivity index (χ0v) is 4.56. The van der Waals surface area contributed by atoms with Gasteiger partial charge in [-0.25, -0.2) is 4.79 Å². The molecule has 4 nitrogen and oxygen atoms in total. The molecule has 0 aliphatic rings. The van der Waals surface area contributed by atoms with Crippen LogP contribution in [0.25, 0.3) is 0 Å². The van der Waals surface area contributed by atoms with Crippen LogP contribution < -0.4 is 16.8 Å². The van der Waals surface area contributed by atoms with Crippen molar-refractivity contribution in [1.29, 1.82) is 0 Å². The van der Waals surface area contributed by atoms with Crippen LogP contribution in [0.3, 0.4) is 0 Å². The lowest BCUT2D eigenvalue weighted by Crippen LogP contribution is -2.18. The average molecular weight is 105 g/mol. The second kappa shape index (κ2) is 8.97. The molecule has 0 unspecified atom stereocenters. The molecular weight excluding hydrogens is 94.1 g/mol. The van der Waals surface area contributed by atoms with E-state index < -0.39 is 6.03 Å². The van der Waals surface area contributed by atoms with Crippen molar-refractivity contribution in [3.63, 3.8) is 0 Å². The Morgan fingerprint density at radius 2 is 1.43 bits per heavy atom. The number of rotatable bonds is 0. The van der Waals surface area contributed by atoms with Gasteiger partial charge in [0.2, 0.25) is 0 Å². The molecule has 0 bridgehead atoms. The van der Waals surface area contributed by atoms with Gasteiger partial charge in [-0.2, -0.15) is 0 Å². The van der Waals surface area contributed by atoms with Crippen LogP contribution in [0.5, 0.6) is 0 Å². The van der Waals surface area contributed by atoms with Crippen LogP contribution in [0.4, 0.5) is 4.79 Å². The summed E-state index contributed by atoms with van der Waals surface area (Å²) in [5, 5.41) is 2.75. The van der Waals surface area contributed by atoms with Gasteiger partial charge in [0.15, 0.2) is 0 Å². The second-order valence-corrected chi connectivity index (χ2v) is 0.902. The monoisotopic (exact) mass is 105 g/mol. The van der Waals surface area contributed by atoms with Crippen LogP contribution in [0.15, 0.2) is 0 Å². The number of hydrogen-bond acceptors (Lipinski definition) is 2. The van der Waals surface area contributed by atoms with Crippen LogP contribution in [-0.2, 0) is 0 Å². The summed E-state index contributed by atoms with van der Waals surface area (Å²) in [5.41, 5.74) is 8.50. The van der Waals surface area contributed by atoms with Crippen molar-refractivity contribution in [2.75, 3.05) is 14.1 Å². The van der Waals surface area contributed by atoms with Crippen molar-refractivity contribution in [1.82, 2.24) is 5.32 Å². The topological polar surface area (TPSA) is 81.1 Å². The zero-order chi connectivity index (χ0) is 6.28. The third kappa shape index (κ3) is 92.0. The molecule has 0 radical (unpaired) electrons. The lowest BCUT2D eigenvalue weighted by molar-refractivity contribution is 0.256. The number of amides is 2. The molecule has 0 atom stereocenters. The van der Waals surface area contributed by atoms with E-state index in [1.54, 1.807) is 0 Å². The highest BCUT2D eigenvalue weighted by atomic mass is 16.2. The molecule has 0 spiro atoms. The first-order valence-electron chi connectivity index (χ1n) is 1.78. The highest BCUT2D eigenvalue weighted by molar-refractivity contribution is 5.69. The molecule has 0 aromatic carbocycles. The number of carbonyl (C=O) groups excluding carboxylic acids is 1. The van der Waals surface area contributed by atoms with Gasteiger partial charge in [0, 0.05) is 0 Å². The minimum absolute atomic E-state index is 0.833. The van der Waals surface area contributed by atoms with Gasteiger partial charge < -0.3 is 16.8 Å². The van der Waals surface area contributed by atoms with E-state index in [1.807, 2.05) is 14.1 Å². The SMILES string of the molecule is CNC.NC(N)=O. The normalized spacial score (nSPS) is 6.00. The van der Waals surface area contributed by atoms with Gasteiger partial charge in [-0.1, -0.05) is 0 Å². The maximum absolute atomic E-state index is 9.00. The van der Waals surface area contributed by atoms with Crippen LogP contribution in [0.1, 0.15) is 0 Å². The number of primary amides is 2. The Labute approximate surface area is 42.9 Å². The van der Waals surface area contributed by atoms with Gasteiger partial charge in [-0.05, 0) is 14.1 Å². The molecule has 0 heterocycles. The summed E-state index contributed by atoms with van der Waals surface area (Å²) in [6.07, 6.45) is 0. The first kappa shape index (κ1) is 9.52. The Kier molecular flexibility index (Phi) is 12.2. The lowest BCUT2D eigenvalue weighted by atomic mass is 11.2. The molecule has 5 N–H and O–H groups in total. The maximum Gasteiger partial charge on any atom is 0.309 e. The summed E-state index contributed by atoms with van der Waals surface area (Å²) in [4.78, 5) is 9.00. The summed E-state index contributed by atoms with van der Waals surface area (Å²) >= 11 is 0. The zero-order valence-electron chi connectivity index (χ0n) is 4.56. The predicted octanol–water partition coefficient (Wildman–Crippen LogP) is -1.14. The van der Waals surface area contributed by atoms with E-state index in [0.29, 0.717) is 0 Å². The van der Waals surface area contributed by atoms with E-state index in [0.717, 1.165) is 0 Å². The third-order valence-corrected chi connectivity index (χ3v) is 0. The van der Waals surface area contributed by atoms with Crippen molar-refractivity contribution in [3.05, 3.63) is 0 Å². The molecule has 0 aromatic rings. The fourth-order valence-corrected chi connectivity index (χ4v) is 0. The Balaban J connectivity index is 0. The molecule has 0 saturated carbocycles. The van der Waals surface area contributed by atoms with Gasteiger partial charge in [0.1, 0.15) is 0 Å².